The van der Waals surface area contributed by atoms with Gasteiger partial charge in [0, 0.05) is 35.7 Å². The highest BCUT2D eigenvalue weighted by Gasteiger charge is 2.16. The van der Waals surface area contributed by atoms with E-state index in [1.54, 1.807) is 31.0 Å². The molecule has 6 rings (SSSR count). The van der Waals surface area contributed by atoms with E-state index in [0.717, 1.165) is 50.3 Å². The molecule has 142 valence electrons. The summed E-state index contributed by atoms with van der Waals surface area (Å²) in [6.45, 7) is 0. The molecular formula is C22H14N8. The van der Waals surface area contributed by atoms with Crippen molar-refractivity contribution in [1.29, 1.82) is 0 Å². The first-order valence-electron chi connectivity index (χ1n) is 9.37. The Bertz CT molecular complexity index is 1490. The number of hydrogen-bond donors (Lipinski definition) is 2. The number of aromatic nitrogens is 8. The smallest absolute Gasteiger partial charge is 0.135 e. The van der Waals surface area contributed by atoms with Crippen LogP contribution >= 0.6 is 0 Å². The Morgan fingerprint density at radius 1 is 0.733 bits per heavy atom. The molecule has 0 unspecified atom stereocenters. The fraction of sp³-hybridized carbons (Fsp3) is 0. The summed E-state index contributed by atoms with van der Waals surface area (Å²) in [6.07, 6.45) is 10.4. The number of nitrogens with one attached hydrogen (secondary N) is 2. The molecular weight excluding hydrogens is 376 g/mol. The molecule has 0 fully saturated rings. The molecule has 8 heteroatoms. The maximum absolute atomic E-state index is 4.79. The van der Waals surface area contributed by atoms with Crippen LogP contribution in [0.25, 0.3) is 56.0 Å². The van der Waals surface area contributed by atoms with Gasteiger partial charge in [-0.1, -0.05) is 6.07 Å². The molecule has 0 amide bonds. The second kappa shape index (κ2) is 6.56. The van der Waals surface area contributed by atoms with E-state index in [1.165, 1.54) is 0 Å². The van der Waals surface area contributed by atoms with E-state index >= 15 is 0 Å². The number of hydrogen-bond acceptors (Lipinski definition) is 6. The van der Waals surface area contributed by atoms with Crippen molar-refractivity contribution < 1.29 is 0 Å². The van der Waals surface area contributed by atoms with Crippen LogP contribution in [0.4, 0.5) is 0 Å². The lowest BCUT2D eigenvalue weighted by molar-refractivity contribution is 1.12. The second-order valence-corrected chi connectivity index (χ2v) is 6.80. The van der Waals surface area contributed by atoms with Crippen LogP contribution in [0.2, 0.25) is 0 Å². The van der Waals surface area contributed by atoms with Crippen LogP contribution in [0.3, 0.4) is 0 Å². The highest BCUT2D eigenvalue weighted by molar-refractivity contribution is 5.99. The Morgan fingerprint density at radius 2 is 1.70 bits per heavy atom. The van der Waals surface area contributed by atoms with Crippen LogP contribution in [-0.4, -0.2) is 40.1 Å². The number of rotatable bonds is 3. The van der Waals surface area contributed by atoms with Crippen LogP contribution < -0.4 is 0 Å². The standard InChI is InChI=1S/C22H14N8/c1-2-6-25-15(3-1)14-10-24-11-19-13(14)9-18(27-19)22-21-17(29-30-22)5-4-16(28-21)20-12-23-7-8-26-20/h1-12,27H,(H,29,30). The van der Waals surface area contributed by atoms with Gasteiger partial charge in [0.15, 0.2) is 0 Å². The lowest BCUT2D eigenvalue weighted by atomic mass is 10.1. The number of H-pyrrole nitrogens is 2. The van der Waals surface area contributed by atoms with Crippen molar-refractivity contribution in [2.24, 2.45) is 0 Å². The molecule has 8 nitrogen and oxygen atoms in total. The van der Waals surface area contributed by atoms with Gasteiger partial charge in [0.2, 0.25) is 0 Å². The van der Waals surface area contributed by atoms with Crippen LogP contribution in [0.1, 0.15) is 0 Å². The molecule has 30 heavy (non-hydrogen) atoms. The minimum Gasteiger partial charge on any atom is -0.352 e. The van der Waals surface area contributed by atoms with Crippen molar-refractivity contribution in [1.82, 2.24) is 40.1 Å². The number of pyridine rings is 3. The highest BCUT2D eigenvalue weighted by atomic mass is 15.1. The molecule has 6 aromatic rings. The molecule has 0 aromatic carbocycles. The minimum atomic E-state index is 0.713. The molecule has 0 aliphatic carbocycles. The SMILES string of the molecule is c1ccc(-c2cncc3[nH]c(-c4n[nH]c5ccc(-c6cnccn6)nc45)cc23)nc1. The molecule has 6 heterocycles. The number of aromatic amines is 2. The van der Waals surface area contributed by atoms with Gasteiger partial charge < -0.3 is 4.98 Å². The Morgan fingerprint density at radius 3 is 2.57 bits per heavy atom. The molecule has 0 radical (unpaired) electrons. The summed E-state index contributed by atoms with van der Waals surface area (Å²) >= 11 is 0. The zero-order valence-electron chi connectivity index (χ0n) is 15.6. The molecule has 0 saturated heterocycles. The summed E-state index contributed by atoms with van der Waals surface area (Å²) in [5.41, 5.74) is 7.39. The summed E-state index contributed by atoms with van der Waals surface area (Å²) in [5, 5.41) is 8.59. The zero-order valence-corrected chi connectivity index (χ0v) is 15.6. The van der Waals surface area contributed by atoms with Gasteiger partial charge in [0.25, 0.3) is 0 Å². The van der Waals surface area contributed by atoms with Crippen molar-refractivity contribution in [3.05, 3.63) is 73.6 Å². The van der Waals surface area contributed by atoms with E-state index in [-0.39, 0.29) is 0 Å². The topological polar surface area (TPSA) is 109 Å². The molecule has 0 aliphatic rings. The summed E-state index contributed by atoms with van der Waals surface area (Å²) in [5.74, 6) is 0. The van der Waals surface area contributed by atoms with Gasteiger partial charge in [-0.05, 0) is 30.3 Å². The summed E-state index contributed by atoms with van der Waals surface area (Å²) in [4.78, 5) is 25.5. The normalized spacial score (nSPS) is 11.3. The summed E-state index contributed by atoms with van der Waals surface area (Å²) < 4.78 is 0. The molecule has 6 aromatic heterocycles. The monoisotopic (exact) mass is 390 g/mol. The summed E-state index contributed by atoms with van der Waals surface area (Å²) in [6, 6.07) is 11.8. The van der Waals surface area contributed by atoms with Gasteiger partial charge >= 0.3 is 0 Å². The molecule has 0 saturated carbocycles. The molecule has 0 spiro atoms. The minimum absolute atomic E-state index is 0.713. The average molecular weight is 390 g/mol. The molecule has 0 atom stereocenters. The van der Waals surface area contributed by atoms with Crippen molar-refractivity contribution >= 4 is 21.9 Å². The highest BCUT2D eigenvalue weighted by Crippen LogP contribution is 2.32. The van der Waals surface area contributed by atoms with Crippen molar-refractivity contribution in [2.75, 3.05) is 0 Å². The predicted molar refractivity (Wildman–Crippen MR) is 113 cm³/mol. The van der Waals surface area contributed by atoms with Gasteiger partial charge in [-0.25, -0.2) is 4.98 Å². The average Bonchev–Trinajstić information content (AvgIpc) is 3.43. The summed E-state index contributed by atoms with van der Waals surface area (Å²) in [7, 11) is 0. The zero-order chi connectivity index (χ0) is 19.9. The maximum Gasteiger partial charge on any atom is 0.135 e. The van der Waals surface area contributed by atoms with Gasteiger partial charge in [0.1, 0.15) is 16.9 Å². The first-order valence-corrected chi connectivity index (χ1v) is 9.37. The van der Waals surface area contributed by atoms with Crippen LogP contribution in [-0.2, 0) is 0 Å². The number of fused-ring (bicyclic) bond motifs is 2. The van der Waals surface area contributed by atoms with Gasteiger partial charge in [-0.15, -0.1) is 0 Å². The predicted octanol–water partition coefficient (Wildman–Crippen LogP) is 4.02. The van der Waals surface area contributed by atoms with Crippen molar-refractivity contribution in [2.45, 2.75) is 0 Å². The molecule has 0 bridgehead atoms. The Labute approximate surface area is 170 Å². The van der Waals surface area contributed by atoms with Crippen LogP contribution in [0.15, 0.2) is 73.6 Å². The van der Waals surface area contributed by atoms with Gasteiger partial charge in [-0.3, -0.25) is 25.0 Å². The number of nitrogens with zero attached hydrogens (tertiary/aromatic N) is 6. The van der Waals surface area contributed by atoms with E-state index in [1.807, 2.05) is 36.5 Å². The van der Waals surface area contributed by atoms with Crippen molar-refractivity contribution in [3.63, 3.8) is 0 Å². The van der Waals surface area contributed by atoms with E-state index in [2.05, 4.69) is 41.2 Å². The van der Waals surface area contributed by atoms with Crippen LogP contribution in [0, 0.1) is 0 Å². The maximum atomic E-state index is 4.79. The van der Waals surface area contributed by atoms with Crippen LogP contribution in [0.5, 0.6) is 0 Å². The Balaban J connectivity index is 1.52. The molecule has 0 aliphatic heterocycles. The third-order valence-corrected chi connectivity index (χ3v) is 4.97. The van der Waals surface area contributed by atoms with E-state index < -0.39 is 0 Å². The van der Waals surface area contributed by atoms with Crippen molar-refractivity contribution in [3.8, 4) is 34.0 Å². The first-order chi connectivity index (χ1) is 14.9. The quantitative estimate of drug-likeness (QED) is 0.472. The van der Waals surface area contributed by atoms with Gasteiger partial charge in [0.05, 0.1) is 40.5 Å². The van der Waals surface area contributed by atoms with E-state index in [4.69, 9.17) is 4.98 Å². The second-order valence-electron chi connectivity index (χ2n) is 6.80. The van der Waals surface area contributed by atoms with E-state index in [0.29, 0.717) is 5.69 Å². The Kier molecular flexibility index (Phi) is 3.60. The fourth-order valence-corrected chi connectivity index (χ4v) is 3.57. The third kappa shape index (κ3) is 2.62. The largest absolute Gasteiger partial charge is 0.352 e. The van der Waals surface area contributed by atoms with E-state index in [9.17, 15) is 0 Å². The fourth-order valence-electron chi connectivity index (χ4n) is 3.57. The first kappa shape index (κ1) is 16.5. The lowest BCUT2D eigenvalue weighted by Gasteiger charge is -2.00. The lowest BCUT2D eigenvalue weighted by Crippen LogP contribution is -1.89. The van der Waals surface area contributed by atoms with Gasteiger partial charge in [-0.2, -0.15) is 5.10 Å². The third-order valence-electron chi connectivity index (χ3n) is 4.97. The Hall–Kier alpha value is -4.46. The molecule has 2 N–H and O–H groups in total.